The lowest BCUT2D eigenvalue weighted by Gasteiger charge is -2.21. The van der Waals surface area contributed by atoms with Gasteiger partial charge in [-0.2, -0.15) is 0 Å². The Morgan fingerprint density at radius 1 is 1.26 bits per heavy atom. The van der Waals surface area contributed by atoms with Crippen molar-refractivity contribution < 1.29 is 4.74 Å². The van der Waals surface area contributed by atoms with Gasteiger partial charge in [-0.1, -0.05) is 20.8 Å². The molecule has 0 saturated heterocycles. The molecule has 19 heavy (non-hydrogen) atoms. The molecule has 0 radical (unpaired) electrons. The third-order valence-electron chi connectivity index (χ3n) is 2.57. The highest BCUT2D eigenvalue weighted by atomic mass is 16.5. The monoisotopic (exact) mass is 264 g/mol. The van der Waals surface area contributed by atoms with Crippen molar-refractivity contribution in [3.05, 3.63) is 23.4 Å². The van der Waals surface area contributed by atoms with Crippen LogP contribution in [0.4, 0.5) is 0 Å². The van der Waals surface area contributed by atoms with Gasteiger partial charge in [-0.3, -0.25) is 0 Å². The number of pyridine rings is 1. The summed E-state index contributed by atoms with van der Waals surface area (Å²) in [5.41, 5.74) is 2.12. The minimum absolute atomic E-state index is 0.206. The molecule has 3 heteroatoms. The van der Waals surface area contributed by atoms with Crippen molar-refractivity contribution >= 4 is 0 Å². The molecule has 0 fully saturated rings. The van der Waals surface area contributed by atoms with Gasteiger partial charge in [0, 0.05) is 18.3 Å². The van der Waals surface area contributed by atoms with Crippen molar-refractivity contribution in [1.82, 2.24) is 10.3 Å². The zero-order valence-corrected chi connectivity index (χ0v) is 13.2. The van der Waals surface area contributed by atoms with Gasteiger partial charge < -0.3 is 10.1 Å². The molecule has 1 heterocycles. The first-order chi connectivity index (χ1) is 8.80. The number of hydrogen-bond acceptors (Lipinski definition) is 3. The molecule has 1 N–H and O–H groups in total. The minimum atomic E-state index is -0.206. The molecule has 1 aromatic heterocycles. The van der Waals surface area contributed by atoms with Gasteiger partial charge >= 0.3 is 0 Å². The Morgan fingerprint density at radius 2 is 1.95 bits per heavy atom. The lowest BCUT2D eigenvalue weighted by Crippen LogP contribution is -2.24. The highest BCUT2D eigenvalue weighted by Crippen LogP contribution is 2.18. The summed E-state index contributed by atoms with van der Waals surface area (Å²) < 4.78 is 5.87. The molecule has 0 aliphatic rings. The number of nitrogens with one attached hydrogen (secondary N) is 1. The number of aromatic nitrogens is 1. The molecule has 0 bridgehead atoms. The Balaban J connectivity index is 2.77. The molecule has 0 amide bonds. The Labute approximate surface area is 117 Å². The van der Waals surface area contributed by atoms with Crippen LogP contribution < -0.4 is 10.1 Å². The maximum absolute atomic E-state index is 5.87. The average molecular weight is 264 g/mol. The Kier molecular flexibility index (Phi) is 5.80. The van der Waals surface area contributed by atoms with Crippen molar-refractivity contribution in [3.63, 3.8) is 0 Å². The van der Waals surface area contributed by atoms with Crippen molar-refractivity contribution in [1.29, 1.82) is 0 Å². The lowest BCUT2D eigenvalue weighted by molar-refractivity contribution is 0.123. The number of nitrogens with zero attached hydrogens (tertiary/aromatic N) is 1. The maximum Gasteiger partial charge on any atom is 0.214 e. The molecule has 0 atom stereocenters. The molecule has 0 aromatic carbocycles. The van der Waals surface area contributed by atoms with Crippen LogP contribution in [0.2, 0.25) is 0 Å². The first kappa shape index (κ1) is 16.0. The van der Waals surface area contributed by atoms with Crippen molar-refractivity contribution in [3.8, 4) is 5.88 Å². The largest absolute Gasteiger partial charge is 0.472 e. The van der Waals surface area contributed by atoms with Gasteiger partial charge in [-0.25, -0.2) is 4.98 Å². The van der Waals surface area contributed by atoms with Crippen molar-refractivity contribution in [2.45, 2.75) is 60.1 Å². The molecule has 0 unspecified atom stereocenters. The Bertz CT molecular complexity index is 394. The normalized spacial score (nSPS) is 11.9. The molecular formula is C16H28N2O. The van der Waals surface area contributed by atoms with Gasteiger partial charge in [0.1, 0.15) is 5.60 Å². The molecule has 1 aromatic rings. The van der Waals surface area contributed by atoms with Crippen LogP contribution in [0.25, 0.3) is 0 Å². The SMILES string of the molecule is CCc1cc(CNCC(C)C)cc(OC(C)(C)C)n1. The van der Waals surface area contributed by atoms with E-state index in [-0.39, 0.29) is 5.60 Å². The summed E-state index contributed by atoms with van der Waals surface area (Å²) in [7, 11) is 0. The fraction of sp³-hybridized carbons (Fsp3) is 0.688. The van der Waals surface area contributed by atoms with Crippen molar-refractivity contribution in [2.24, 2.45) is 5.92 Å². The van der Waals surface area contributed by atoms with Crippen LogP contribution in [0, 0.1) is 5.92 Å². The topological polar surface area (TPSA) is 34.1 Å². The number of hydrogen-bond donors (Lipinski definition) is 1. The molecule has 0 aliphatic carbocycles. The van der Waals surface area contributed by atoms with Crippen LogP contribution in [-0.2, 0) is 13.0 Å². The molecule has 3 nitrogen and oxygen atoms in total. The van der Waals surface area contributed by atoms with Crippen molar-refractivity contribution in [2.75, 3.05) is 6.54 Å². The van der Waals surface area contributed by atoms with E-state index in [0.717, 1.165) is 31.1 Å². The zero-order valence-electron chi connectivity index (χ0n) is 13.2. The van der Waals surface area contributed by atoms with Gasteiger partial charge in [0.05, 0.1) is 0 Å². The average Bonchev–Trinajstić information content (AvgIpc) is 2.25. The number of ether oxygens (including phenoxy) is 1. The summed E-state index contributed by atoms with van der Waals surface area (Å²) in [6, 6.07) is 4.20. The van der Waals surface area contributed by atoms with Gasteiger partial charge in [0.25, 0.3) is 0 Å². The van der Waals surface area contributed by atoms with E-state index in [1.807, 2.05) is 26.8 Å². The molecule has 1 rings (SSSR count). The first-order valence-corrected chi connectivity index (χ1v) is 7.19. The molecule has 0 spiro atoms. The quantitative estimate of drug-likeness (QED) is 0.853. The fourth-order valence-corrected chi connectivity index (χ4v) is 1.77. The van der Waals surface area contributed by atoms with Gasteiger partial charge in [0.15, 0.2) is 0 Å². The smallest absolute Gasteiger partial charge is 0.214 e. The van der Waals surface area contributed by atoms with E-state index in [2.05, 4.69) is 37.1 Å². The van der Waals surface area contributed by atoms with Crippen LogP contribution in [-0.4, -0.2) is 17.1 Å². The van der Waals surface area contributed by atoms with Crippen LogP contribution in [0.5, 0.6) is 5.88 Å². The van der Waals surface area contributed by atoms with Crippen LogP contribution in [0.15, 0.2) is 12.1 Å². The third kappa shape index (κ3) is 6.58. The van der Waals surface area contributed by atoms with E-state index in [4.69, 9.17) is 4.74 Å². The standard InChI is InChI=1S/C16H28N2O/c1-7-14-8-13(11-17-10-12(2)3)9-15(18-14)19-16(4,5)6/h8-9,12,17H,7,10-11H2,1-6H3. The highest BCUT2D eigenvalue weighted by molar-refractivity contribution is 5.25. The molecule has 0 aliphatic heterocycles. The minimum Gasteiger partial charge on any atom is -0.472 e. The fourth-order valence-electron chi connectivity index (χ4n) is 1.77. The zero-order chi connectivity index (χ0) is 14.5. The predicted molar refractivity (Wildman–Crippen MR) is 80.5 cm³/mol. The summed E-state index contributed by atoms with van der Waals surface area (Å²) in [6.45, 7) is 14.6. The summed E-state index contributed by atoms with van der Waals surface area (Å²) in [5, 5.41) is 3.46. The summed E-state index contributed by atoms with van der Waals surface area (Å²) in [4.78, 5) is 4.53. The third-order valence-corrected chi connectivity index (χ3v) is 2.57. The predicted octanol–water partition coefficient (Wildman–Crippen LogP) is 3.57. The van der Waals surface area contributed by atoms with Gasteiger partial charge in [-0.15, -0.1) is 0 Å². The van der Waals surface area contributed by atoms with E-state index in [1.165, 1.54) is 5.56 Å². The van der Waals surface area contributed by atoms with E-state index >= 15 is 0 Å². The Hall–Kier alpha value is -1.09. The van der Waals surface area contributed by atoms with Crippen LogP contribution in [0.3, 0.4) is 0 Å². The van der Waals surface area contributed by atoms with E-state index in [0.29, 0.717) is 5.92 Å². The summed E-state index contributed by atoms with van der Waals surface area (Å²) in [5.74, 6) is 1.39. The second-order valence-corrected chi connectivity index (χ2v) is 6.40. The highest BCUT2D eigenvalue weighted by Gasteiger charge is 2.13. The van der Waals surface area contributed by atoms with Crippen LogP contribution in [0.1, 0.15) is 52.8 Å². The van der Waals surface area contributed by atoms with Gasteiger partial charge in [-0.05, 0) is 51.3 Å². The first-order valence-electron chi connectivity index (χ1n) is 7.19. The van der Waals surface area contributed by atoms with Crippen LogP contribution >= 0.6 is 0 Å². The molecular weight excluding hydrogens is 236 g/mol. The van der Waals surface area contributed by atoms with E-state index in [1.54, 1.807) is 0 Å². The lowest BCUT2D eigenvalue weighted by atomic mass is 10.1. The summed E-state index contributed by atoms with van der Waals surface area (Å²) in [6.07, 6.45) is 0.929. The number of rotatable bonds is 6. The second-order valence-electron chi connectivity index (χ2n) is 6.40. The molecule has 0 saturated carbocycles. The summed E-state index contributed by atoms with van der Waals surface area (Å²) >= 11 is 0. The number of aryl methyl sites for hydroxylation is 1. The molecule has 108 valence electrons. The second kappa shape index (κ2) is 6.90. The Morgan fingerprint density at radius 3 is 2.47 bits per heavy atom. The van der Waals surface area contributed by atoms with E-state index in [9.17, 15) is 0 Å². The maximum atomic E-state index is 5.87. The van der Waals surface area contributed by atoms with E-state index < -0.39 is 0 Å². The van der Waals surface area contributed by atoms with Gasteiger partial charge in [0.2, 0.25) is 5.88 Å².